The Morgan fingerprint density at radius 1 is 1.33 bits per heavy atom. The SMILES string of the molecule is COc1ccc(C2(CC(C)F)Cc3cc(C(N)=O)ccc3N2)cc1. The molecule has 2 aromatic rings. The summed E-state index contributed by atoms with van der Waals surface area (Å²) in [5, 5.41) is 3.47. The number of ether oxygens (including phenoxy) is 1. The van der Waals surface area contributed by atoms with Crippen LogP contribution in [0.3, 0.4) is 0 Å². The molecule has 0 aromatic heterocycles. The van der Waals surface area contributed by atoms with E-state index < -0.39 is 17.6 Å². The highest BCUT2D eigenvalue weighted by atomic mass is 19.1. The molecule has 1 amide bonds. The lowest BCUT2D eigenvalue weighted by Gasteiger charge is -2.32. The number of benzene rings is 2. The molecule has 0 saturated heterocycles. The minimum absolute atomic E-state index is 0.333. The summed E-state index contributed by atoms with van der Waals surface area (Å²) in [5.41, 5.74) is 8.17. The molecule has 0 fully saturated rings. The van der Waals surface area contributed by atoms with Crippen molar-refractivity contribution in [3.05, 3.63) is 59.2 Å². The molecule has 2 aromatic carbocycles. The van der Waals surface area contributed by atoms with E-state index >= 15 is 0 Å². The molecule has 0 bridgehead atoms. The van der Waals surface area contributed by atoms with Gasteiger partial charge in [-0.2, -0.15) is 0 Å². The Labute approximate surface area is 140 Å². The van der Waals surface area contributed by atoms with Crippen molar-refractivity contribution in [1.82, 2.24) is 0 Å². The van der Waals surface area contributed by atoms with Gasteiger partial charge >= 0.3 is 0 Å². The quantitative estimate of drug-likeness (QED) is 0.884. The highest BCUT2D eigenvalue weighted by Gasteiger charge is 2.39. The van der Waals surface area contributed by atoms with Crippen molar-refractivity contribution in [2.24, 2.45) is 5.73 Å². The van der Waals surface area contributed by atoms with Gasteiger partial charge in [0.2, 0.25) is 5.91 Å². The molecule has 3 N–H and O–H groups in total. The molecule has 2 unspecified atom stereocenters. The lowest BCUT2D eigenvalue weighted by atomic mass is 9.82. The number of halogens is 1. The maximum atomic E-state index is 13.9. The van der Waals surface area contributed by atoms with Crippen LogP contribution in [-0.4, -0.2) is 19.2 Å². The summed E-state index contributed by atoms with van der Waals surface area (Å²) in [7, 11) is 1.61. The molecule has 4 nitrogen and oxygen atoms in total. The van der Waals surface area contributed by atoms with Crippen molar-refractivity contribution >= 4 is 11.6 Å². The van der Waals surface area contributed by atoms with E-state index in [0.717, 1.165) is 22.6 Å². The van der Waals surface area contributed by atoms with Gasteiger partial charge in [-0.25, -0.2) is 4.39 Å². The van der Waals surface area contributed by atoms with Crippen molar-refractivity contribution < 1.29 is 13.9 Å². The molecule has 1 aliphatic heterocycles. The van der Waals surface area contributed by atoms with E-state index in [1.54, 1.807) is 26.2 Å². The first-order chi connectivity index (χ1) is 11.4. The Morgan fingerprint density at radius 2 is 2.04 bits per heavy atom. The molecule has 0 spiro atoms. The number of anilines is 1. The second-order valence-corrected chi connectivity index (χ2v) is 6.33. The molecular formula is C19H21FN2O2. The first kappa shape index (κ1) is 16.3. The minimum atomic E-state index is -0.968. The van der Waals surface area contributed by atoms with Crippen molar-refractivity contribution in [2.45, 2.75) is 31.5 Å². The third kappa shape index (κ3) is 2.94. The molecule has 0 aliphatic carbocycles. The average Bonchev–Trinajstić information content (AvgIpc) is 2.92. The summed E-state index contributed by atoms with van der Waals surface area (Å²) in [6, 6.07) is 13.0. The zero-order valence-electron chi connectivity index (χ0n) is 13.8. The average molecular weight is 328 g/mol. The van der Waals surface area contributed by atoms with Crippen LogP contribution >= 0.6 is 0 Å². The summed E-state index contributed by atoms with van der Waals surface area (Å²) in [4.78, 5) is 11.4. The van der Waals surface area contributed by atoms with Gasteiger partial charge in [-0.3, -0.25) is 4.79 Å². The number of methoxy groups -OCH3 is 1. The van der Waals surface area contributed by atoms with Gasteiger partial charge in [-0.15, -0.1) is 0 Å². The molecule has 1 aliphatic rings. The number of hydrogen-bond acceptors (Lipinski definition) is 3. The van der Waals surface area contributed by atoms with Crippen LogP contribution in [-0.2, 0) is 12.0 Å². The highest BCUT2D eigenvalue weighted by molar-refractivity contribution is 5.93. The van der Waals surface area contributed by atoms with E-state index in [-0.39, 0.29) is 0 Å². The van der Waals surface area contributed by atoms with E-state index in [0.29, 0.717) is 18.4 Å². The predicted octanol–water partition coefficient (Wildman–Crippen LogP) is 3.41. The fourth-order valence-corrected chi connectivity index (χ4v) is 3.45. The fraction of sp³-hybridized carbons (Fsp3) is 0.316. The minimum Gasteiger partial charge on any atom is -0.497 e. The van der Waals surface area contributed by atoms with Crippen molar-refractivity contribution in [1.29, 1.82) is 0 Å². The number of primary amides is 1. The van der Waals surface area contributed by atoms with Crippen LogP contribution in [0.15, 0.2) is 42.5 Å². The Kier molecular flexibility index (Phi) is 4.18. The van der Waals surface area contributed by atoms with E-state index in [1.165, 1.54) is 0 Å². The van der Waals surface area contributed by atoms with Gasteiger partial charge in [0, 0.05) is 24.1 Å². The number of hydrogen-bond donors (Lipinski definition) is 2. The van der Waals surface area contributed by atoms with E-state index in [9.17, 15) is 9.18 Å². The number of nitrogens with two attached hydrogens (primary N) is 1. The van der Waals surface area contributed by atoms with Gasteiger partial charge < -0.3 is 15.8 Å². The monoisotopic (exact) mass is 328 g/mol. The summed E-state index contributed by atoms with van der Waals surface area (Å²) < 4.78 is 19.1. The molecule has 126 valence electrons. The fourth-order valence-electron chi connectivity index (χ4n) is 3.45. The second-order valence-electron chi connectivity index (χ2n) is 6.33. The zero-order chi connectivity index (χ0) is 17.3. The largest absolute Gasteiger partial charge is 0.497 e. The van der Waals surface area contributed by atoms with Gasteiger partial charge in [0.1, 0.15) is 5.75 Å². The van der Waals surface area contributed by atoms with Gasteiger partial charge in [0.15, 0.2) is 0 Å². The smallest absolute Gasteiger partial charge is 0.248 e. The van der Waals surface area contributed by atoms with Crippen LogP contribution in [0.25, 0.3) is 0 Å². The number of nitrogens with one attached hydrogen (secondary N) is 1. The van der Waals surface area contributed by atoms with Crippen LogP contribution in [0.5, 0.6) is 5.75 Å². The van der Waals surface area contributed by atoms with Gasteiger partial charge in [-0.1, -0.05) is 12.1 Å². The van der Waals surface area contributed by atoms with E-state index in [2.05, 4.69) is 5.32 Å². The summed E-state index contributed by atoms with van der Waals surface area (Å²) in [6.07, 6.45) is -0.0336. The molecule has 0 saturated carbocycles. The number of rotatable bonds is 5. The number of amides is 1. The van der Waals surface area contributed by atoms with Crippen molar-refractivity contribution in [2.75, 3.05) is 12.4 Å². The number of carbonyl (C=O) groups excluding carboxylic acids is 1. The summed E-state index contributed by atoms with van der Waals surface area (Å²) >= 11 is 0. The molecule has 5 heteroatoms. The van der Waals surface area contributed by atoms with Gasteiger partial charge in [0.25, 0.3) is 0 Å². The Morgan fingerprint density at radius 3 is 2.62 bits per heavy atom. The molecule has 2 atom stereocenters. The van der Waals surface area contributed by atoms with Crippen LogP contribution in [0, 0.1) is 0 Å². The molecular weight excluding hydrogens is 307 g/mol. The lowest BCUT2D eigenvalue weighted by molar-refractivity contribution is 0.1000. The number of alkyl halides is 1. The molecule has 24 heavy (non-hydrogen) atoms. The first-order valence-corrected chi connectivity index (χ1v) is 7.93. The molecule has 0 radical (unpaired) electrons. The normalized spacial score (nSPS) is 20.1. The Bertz CT molecular complexity index is 758. The second kappa shape index (κ2) is 6.15. The van der Waals surface area contributed by atoms with Crippen LogP contribution in [0.1, 0.15) is 34.8 Å². The lowest BCUT2D eigenvalue weighted by Crippen LogP contribution is -2.35. The van der Waals surface area contributed by atoms with Crippen LogP contribution in [0.2, 0.25) is 0 Å². The van der Waals surface area contributed by atoms with Crippen LogP contribution < -0.4 is 15.8 Å². The molecule has 1 heterocycles. The zero-order valence-corrected chi connectivity index (χ0v) is 13.8. The topological polar surface area (TPSA) is 64.3 Å². The van der Waals surface area contributed by atoms with E-state index in [4.69, 9.17) is 10.5 Å². The summed E-state index contributed by atoms with van der Waals surface area (Å²) in [5.74, 6) is 0.298. The third-order valence-corrected chi connectivity index (χ3v) is 4.53. The number of fused-ring (bicyclic) bond motifs is 1. The first-order valence-electron chi connectivity index (χ1n) is 7.93. The Hall–Kier alpha value is -2.56. The Balaban J connectivity index is 2.00. The van der Waals surface area contributed by atoms with Gasteiger partial charge in [0.05, 0.1) is 18.8 Å². The number of carbonyl (C=O) groups is 1. The van der Waals surface area contributed by atoms with Gasteiger partial charge in [-0.05, 0) is 48.4 Å². The maximum Gasteiger partial charge on any atom is 0.248 e. The van der Waals surface area contributed by atoms with E-state index in [1.807, 2.05) is 30.3 Å². The maximum absolute atomic E-state index is 13.9. The summed E-state index contributed by atoms with van der Waals surface area (Å²) in [6.45, 7) is 1.56. The predicted molar refractivity (Wildman–Crippen MR) is 92.1 cm³/mol. The van der Waals surface area contributed by atoms with Crippen molar-refractivity contribution in [3.8, 4) is 5.75 Å². The van der Waals surface area contributed by atoms with Crippen LogP contribution in [0.4, 0.5) is 10.1 Å². The third-order valence-electron chi connectivity index (χ3n) is 4.53. The molecule has 3 rings (SSSR count). The van der Waals surface area contributed by atoms with Crippen molar-refractivity contribution in [3.63, 3.8) is 0 Å². The standard InChI is InChI=1S/C19H21FN2O2/c1-12(20)10-19(15-4-6-16(24-2)7-5-15)11-14-9-13(18(21)23)3-8-17(14)22-19/h3-9,12,22H,10-11H2,1-2H3,(H2,21,23). The highest BCUT2D eigenvalue weighted by Crippen LogP contribution is 2.43.